The number of aryl methyl sites for hydroxylation is 1. The van der Waals surface area contributed by atoms with E-state index in [4.69, 9.17) is 9.72 Å². The molecule has 0 atom stereocenters. The molecule has 0 bridgehead atoms. The number of benzene rings is 3. The number of nitrogens with one attached hydrogen (secondary N) is 1. The van der Waals surface area contributed by atoms with Gasteiger partial charge >= 0.3 is 0 Å². The Morgan fingerprint density at radius 2 is 1.77 bits per heavy atom. The molecule has 31 heavy (non-hydrogen) atoms. The molecule has 1 N–H and O–H groups in total. The number of amides is 1. The third-order valence-corrected chi connectivity index (χ3v) is 5.63. The van der Waals surface area contributed by atoms with Gasteiger partial charge < -0.3 is 19.5 Å². The second kappa shape index (κ2) is 8.14. The second-order valence-electron chi connectivity index (χ2n) is 7.74. The quantitative estimate of drug-likeness (QED) is 0.528. The molecule has 0 fully saturated rings. The molecule has 1 aliphatic rings. The van der Waals surface area contributed by atoms with Crippen LogP contribution in [0.1, 0.15) is 11.4 Å². The minimum Gasteiger partial charge on any atom is -0.483 e. The first-order chi connectivity index (χ1) is 15.2. The number of ether oxygens (including phenoxy) is 1. The molecule has 6 heteroatoms. The zero-order valence-electron chi connectivity index (χ0n) is 17.4. The molecule has 0 radical (unpaired) electrons. The first-order valence-corrected chi connectivity index (χ1v) is 10.4. The van der Waals surface area contributed by atoms with Crippen LogP contribution in [0.3, 0.4) is 0 Å². The molecule has 156 valence electrons. The van der Waals surface area contributed by atoms with E-state index < -0.39 is 0 Å². The number of carbonyl (C=O) groups is 1. The van der Waals surface area contributed by atoms with E-state index in [0.29, 0.717) is 0 Å². The van der Waals surface area contributed by atoms with E-state index in [0.717, 1.165) is 53.7 Å². The summed E-state index contributed by atoms with van der Waals surface area (Å²) in [7, 11) is 0. The summed E-state index contributed by atoms with van der Waals surface area (Å²) >= 11 is 0. The number of imidazole rings is 1. The number of fused-ring (bicyclic) bond motifs is 3. The van der Waals surface area contributed by atoms with Gasteiger partial charge in [0.25, 0.3) is 5.91 Å². The molecule has 6 nitrogen and oxygen atoms in total. The van der Waals surface area contributed by atoms with Crippen molar-refractivity contribution in [2.24, 2.45) is 0 Å². The Hall–Kier alpha value is -3.80. The zero-order valence-corrected chi connectivity index (χ0v) is 17.4. The number of hydrogen-bond donors (Lipinski definition) is 1. The van der Waals surface area contributed by atoms with E-state index in [1.807, 2.05) is 61.5 Å². The third kappa shape index (κ3) is 3.97. The largest absolute Gasteiger partial charge is 0.483 e. The number of aromatic nitrogens is 2. The number of rotatable bonds is 5. The van der Waals surface area contributed by atoms with Crippen molar-refractivity contribution in [1.29, 1.82) is 0 Å². The van der Waals surface area contributed by atoms with E-state index in [9.17, 15) is 4.79 Å². The minimum atomic E-state index is -0.178. The molecule has 0 aliphatic carbocycles. The van der Waals surface area contributed by atoms with Gasteiger partial charge in [-0.2, -0.15) is 0 Å². The standard InChI is InChI=1S/C25H24N4O2/c1-18-6-2-5-9-23(18)31-17-25(30)26-19-10-12-20(13-11-19)28-14-15-29-22-8-4-3-7-21(22)27-24(29)16-28/h2-13H,14-17H2,1H3,(H,26,30). The van der Waals surface area contributed by atoms with Crippen molar-refractivity contribution in [1.82, 2.24) is 9.55 Å². The van der Waals surface area contributed by atoms with E-state index in [1.54, 1.807) is 0 Å². The highest BCUT2D eigenvalue weighted by atomic mass is 16.5. The first-order valence-electron chi connectivity index (χ1n) is 10.4. The van der Waals surface area contributed by atoms with Crippen LogP contribution in [0.15, 0.2) is 72.8 Å². The monoisotopic (exact) mass is 412 g/mol. The van der Waals surface area contributed by atoms with Crippen LogP contribution in [-0.2, 0) is 17.9 Å². The molecule has 5 rings (SSSR count). The first kappa shape index (κ1) is 19.2. The smallest absolute Gasteiger partial charge is 0.262 e. The van der Waals surface area contributed by atoms with E-state index in [1.165, 1.54) is 5.52 Å². The average molecular weight is 412 g/mol. The molecule has 1 amide bonds. The molecule has 2 heterocycles. The molecule has 0 spiro atoms. The normalized spacial score (nSPS) is 13.1. The summed E-state index contributed by atoms with van der Waals surface area (Å²) in [5, 5.41) is 2.90. The summed E-state index contributed by atoms with van der Waals surface area (Å²) in [4.78, 5) is 19.4. The van der Waals surface area contributed by atoms with Crippen LogP contribution in [0.4, 0.5) is 11.4 Å². The Balaban J connectivity index is 1.21. The van der Waals surface area contributed by atoms with Crippen molar-refractivity contribution < 1.29 is 9.53 Å². The van der Waals surface area contributed by atoms with Crippen LogP contribution in [0.2, 0.25) is 0 Å². The number of carbonyl (C=O) groups excluding carboxylic acids is 1. The fourth-order valence-corrected chi connectivity index (χ4v) is 4.00. The number of para-hydroxylation sites is 3. The van der Waals surface area contributed by atoms with Gasteiger partial charge in [-0.1, -0.05) is 30.3 Å². The van der Waals surface area contributed by atoms with Crippen LogP contribution in [0, 0.1) is 6.92 Å². The fraction of sp³-hybridized carbons (Fsp3) is 0.200. The highest BCUT2D eigenvalue weighted by Gasteiger charge is 2.20. The Kier molecular flexibility index (Phi) is 5.04. The van der Waals surface area contributed by atoms with Gasteiger partial charge in [-0.05, 0) is 55.0 Å². The van der Waals surface area contributed by atoms with Gasteiger partial charge in [0, 0.05) is 24.5 Å². The zero-order chi connectivity index (χ0) is 21.2. The lowest BCUT2D eigenvalue weighted by Crippen LogP contribution is -2.33. The van der Waals surface area contributed by atoms with Crippen LogP contribution in [0.5, 0.6) is 5.75 Å². The summed E-state index contributed by atoms with van der Waals surface area (Å²) in [6, 6.07) is 23.9. The van der Waals surface area contributed by atoms with Crippen molar-refractivity contribution >= 4 is 28.3 Å². The van der Waals surface area contributed by atoms with Crippen LogP contribution < -0.4 is 15.0 Å². The summed E-state index contributed by atoms with van der Waals surface area (Å²) < 4.78 is 7.92. The number of hydrogen-bond acceptors (Lipinski definition) is 4. The molecule has 0 unspecified atom stereocenters. The van der Waals surface area contributed by atoms with Gasteiger partial charge in [-0.25, -0.2) is 4.98 Å². The maximum absolute atomic E-state index is 12.2. The van der Waals surface area contributed by atoms with Gasteiger partial charge in [0.2, 0.25) is 0 Å². The molecule has 0 saturated carbocycles. The Bertz CT molecular complexity index is 1230. The lowest BCUT2D eigenvalue weighted by atomic mass is 10.2. The Labute approximate surface area is 181 Å². The SMILES string of the molecule is Cc1ccccc1OCC(=O)Nc1ccc(N2CCn3c(nc4ccccc43)C2)cc1. The van der Waals surface area contributed by atoms with Gasteiger partial charge in [0.1, 0.15) is 11.6 Å². The maximum Gasteiger partial charge on any atom is 0.262 e. The maximum atomic E-state index is 12.2. The van der Waals surface area contributed by atoms with E-state index in [-0.39, 0.29) is 12.5 Å². The van der Waals surface area contributed by atoms with E-state index >= 15 is 0 Å². The van der Waals surface area contributed by atoms with Crippen LogP contribution >= 0.6 is 0 Å². The molecule has 1 aromatic heterocycles. The third-order valence-electron chi connectivity index (χ3n) is 5.63. The highest BCUT2D eigenvalue weighted by Crippen LogP contribution is 2.25. The number of nitrogens with zero attached hydrogens (tertiary/aromatic N) is 3. The van der Waals surface area contributed by atoms with Crippen molar-refractivity contribution in [3.8, 4) is 5.75 Å². The average Bonchev–Trinajstić information content (AvgIpc) is 3.17. The van der Waals surface area contributed by atoms with Crippen molar-refractivity contribution in [3.63, 3.8) is 0 Å². The molecule has 3 aromatic carbocycles. The van der Waals surface area contributed by atoms with Gasteiger partial charge in [0.05, 0.1) is 17.6 Å². The summed E-state index contributed by atoms with van der Waals surface area (Å²) in [5.41, 5.74) is 5.13. The van der Waals surface area contributed by atoms with Crippen LogP contribution in [0.25, 0.3) is 11.0 Å². The fourth-order valence-electron chi connectivity index (χ4n) is 4.00. The lowest BCUT2D eigenvalue weighted by Gasteiger charge is -2.30. The van der Waals surface area contributed by atoms with Crippen LogP contribution in [-0.4, -0.2) is 28.6 Å². The second-order valence-corrected chi connectivity index (χ2v) is 7.74. The highest BCUT2D eigenvalue weighted by molar-refractivity contribution is 5.92. The van der Waals surface area contributed by atoms with Gasteiger partial charge in [0.15, 0.2) is 6.61 Å². The van der Waals surface area contributed by atoms with Gasteiger partial charge in [-0.15, -0.1) is 0 Å². The molecular formula is C25H24N4O2. The van der Waals surface area contributed by atoms with Crippen molar-refractivity contribution in [2.75, 3.05) is 23.4 Å². The minimum absolute atomic E-state index is 0.0189. The Morgan fingerprint density at radius 3 is 2.61 bits per heavy atom. The van der Waals surface area contributed by atoms with Crippen molar-refractivity contribution in [3.05, 3.63) is 84.2 Å². The lowest BCUT2D eigenvalue weighted by molar-refractivity contribution is -0.118. The summed E-state index contributed by atoms with van der Waals surface area (Å²) in [6.07, 6.45) is 0. The van der Waals surface area contributed by atoms with E-state index in [2.05, 4.69) is 33.0 Å². The predicted octanol–water partition coefficient (Wildman–Crippen LogP) is 4.38. The summed E-state index contributed by atoms with van der Waals surface area (Å²) in [6.45, 7) is 4.54. The Morgan fingerprint density at radius 1 is 1.00 bits per heavy atom. The van der Waals surface area contributed by atoms with Gasteiger partial charge in [-0.3, -0.25) is 4.79 Å². The molecule has 4 aromatic rings. The molecule has 1 aliphatic heterocycles. The topological polar surface area (TPSA) is 59.4 Å². The summed E-state index contributed by atoms with van der Waals surface area (Å²) in [5.74, 6) is 1.63. The predicted molar refractivity (Wildman–Crippen MR) is 123 cm³/mol. The molecular weight excluding hydrogens is 388 g/mol. The number of anilines is 2. The molecule has 0 saturated heterocycles. The van der Waals surface area contributed by atoms with Crippen molar-refractivity contribution in [2.45, 2.75) is 20.0 Å².